The van der Waals surface area contributed by atoms with Crippen LogP contribution in [-0.4, -0.2) is 118 Å². The number of hydrogen-bond donors (Lipinski definition) is 5. The zero-order chi connectivity index (χ0) is 58.3. The molecule has 1 atom stereocenters. The Morgan fingerprint density at radius 2 is 1.49 bits per heavy atom. The molecule has 1 fully saturated rings. The summed E-state index contributed by atoms with van der Waals surface area (Å²) in [4.78, 5) is 75.9. The molecule has 2 aliphatic rings. The number of carbonyl (C=O) groups excluding carboxylic acids is 4. The van der Waals surface area contributed by atoms with Gasteiger partial charge in [-0.2, -0.15) is 10.2 Å². The molecule has 438 valence electrons. The molecule has 0 aliphatic carbocycles. The lowest BCUT2D eigenvalue weighted by atomic mass is 9.90. The van der Waals surface area contributed by atoms with Crippen molar-refractivity contribution in [2.45, 2.75) is 148 Å². The van der Waals surface area contributed by atoms with Crippen LogP contribution in [0.4, 0.5) is 0 Å². The number of carbonyl (C=O) groups is 4. The van der Waals surface area contributed by atoms with Crippen molar-refractivity contribution in [3.63, 3.8) is 0 Å². The van der Waals surface area contributed by atoms with E-state index < -0.39 is 5.60 Å². The SMILES string of the molecule is C=C(Cl)/C(Cl)=c1/[nH]c2c(/c1=C(/C)c1ccn(CCNC(=O)CCCCCCCCCC(=O)NCCCNCc3ccc(-c4c5ncn(CC6(O)CCN(C(=O)C[C@@H](C)c7ccccc7)CC6)c(=O)c5nn4C)cc3)n1)CN(C(C)=O)CC2. The molecule has 8 rings (SSSR count). The number of nitrogens with one attached hydrogen (secondary N) is 4. The van der Waals surface area contributed by atoms with Crippen molar-refractivity contribution in [3.05, 3.63) is 134 Å². The summed E-state index contributed by atoms with van der Waals surface area (Å²) in [7, 11) is 1.80. The maximum absolute atomic E-state index is 13.7. The monoisotopic (exact) mass is 1160 g/mol. The predicted octanol–water partition coefficient (Wildman–Crippen LogP) is 7.02. The van der Waals surface area contributed by atoms with Crippen molar-refractivity contribution in [1.82, 2.24) is 59.8 Å². The van der Waals surface area contributed by atoms with Gasteiger partial charge in [0.1, 0.15) is 5.52 Å². The lowest BCUT2D eigenvalue weighted by Gasteiger charge is -2.38. The zero-order valence-corrected chi connectivity index (χ0v) is 49.5. The minimum atomic E-state index is -1.15. The van der Waals surface area contributed by atoms with E-state index in [0.29, 0.717) is 107 Å². The van der Waals surface area contributed by atoms with Gasteiger partial charge >= 0.3 is 0 Å². The van der Waals surface area contributed by atoms with Crippen molar-refractivity contribution in [3.8, 4) is 11.3 Å². The highest BCUT2D eigenvalue weighted by Crippen LogP contribution is 2.29. The average molecular weight is 1160 g/mol. The number of piperidine rings is 1. The lowest BCUT2D eigenvalue weighted by molar-refractivity contribution is -0.136. The molecule has 5 N–H and O–H groups in total. The van der Waals surface area contributed by atoms with Gasteiger partial charge in [-0.1, -0.05) is 123 Å². The third-order valence-corrected chi connectivity index (χ3v) is 16.7. The lowest BCUT2D eigenvalue weighted by Crippen LogP contribution is -2.49. The number of amides is 4. The summed E-state index contributed by atoms with van der Waals surface area (Å²) >= 11 is 12.9. The third-order valence-electron chi connectivity index (χ3n) is 16.0. The number of allylic oxidation sites excluding steroid dienone is 1. The van der Waals surface area contributed by atoms with E-state index >= 15 is 0 Å². The molecule has 18 nitrogen and oxygen atoms in total. The largest absolute Gasteiger partial charge is 0.388 e. The minimum Gasteiger partial charge on any atom is -0.388 e. The molecular formula is C62H80Cl2N12O6. The quantitative estimate of drug-likeness (QED) is 0.0332. The highest BCUT2D eigenvalue weighted by Gasteiger charge is 2.35. The molecule has 0 unspecified atom stereocenters. The Kier molecular flexibility index (Phi) is 21.6. The molecule has 0 radical (unpaired) electrons. The van der Waals surface area contributed by atoms with Gasteiger partial charge in [0, 0.05) is 114 Å². The summed E-state index contributed by atoms with van der Waals surface area (Å²) in [6.07, 6.45) is 13.9. The van der Waals surface area contributed by atoms with Gasteiger partial charge in [-0.25, -0.2) is 4.98 Å². The molecule has 2 aliphatic heterocycles. The smallest absolute Gasteiger partial charge is 0.281 e. The van der Waals surface area contributed by atoms with Crippen molar-refractivity contribution in [2.75, 3.05) is 39.3 Å². The van der Waals surface area contributed by atoms with Crippen molar-refractivity contribution >= 4 is 68.5 Å². The zero-order valence-electron chi connectivity index (χ0n) is 48.0. The van der Waals surface area contributed by atoms with Gasteiger partial charge in [0.05, 0.1) is 51.8 Å². The molecule has 6 heterocycles. The second-order valence-electron chi connectivity index (χ2n) is 22.2. The number of aliphatic hydroxyl groups is 1. The maximum atomic E-state index is 13.7. The molecule has 4 amide bonds. The number of unbranched alkanes of at least 4 members (excludes halogenated alkanes) is 6. The molecule has 0 bridgehead atoms. The third kappa shape index (κ3) is 16.0. The van der Waals surface area contributed by atoms with Crippen molar-refractivity contribution in [2.24, 2.45) is 7.05 Å². The fourth-order valence-electron chi connectivity index (χ4n) is 11.2. The number of benzene rings is 2. The Morgan fingerprint density at radius 1 is 0.817 bits per heavy atom. The topological polar surface area (TPSA) is 217 Å². The van der Waals surface area contributed by atoms with Crippen LogP contribution < -0.4 is 32.1 Å². The Hall–Kier alpha value is -6.86. The first-order valence-corrected chi connectivity index (χ1v) is 29.8. The summed E-state index contributed by atoms with van der Waals surface area (Å²) < 4.78 is 4.93. The minimum absolute atomic E-state index is 0.0159. The second-order valence-corrected chi connectivity index (χ2v) is 23.0. The molecule has 4 aromatic heterocycles. The average Bonchev–Trinajstić information content (AvgIpc) is 4.29. The molecule has 20 heteroatoms. The molecule has 6 aromatic rings. The summed E-state index contributed by atoms with van der Waals surface area (Å²) in [5, 5.41) is 32.5. The number of aromatic amines is 1. The van der Waals surface area contributed by atoms with E-state index in [-0.39, 0.29) is 52.2 Å². The second kappa shape index (κ2) is 28.9. The molecule has 1 saturated heterocycles. The number of likely N-dealkylation sites (tertiary alicyclic amines) is 1. The number of aryl methyl sites for hydroxylation is 1. The number of halogens is 2. The predicted molar refractivity (Wildman–Crippen MR) is 322 cm³/mol. The number of aromatic nitrogens is 7. The molecule has 2 aromatic carbocycles. The summed E-state index contributed by atoms with van der Waals surface area (Å²) in [6.45, 7) is 14.5. The highest BCUT2D eigenvalue weighted by atomic mass is 35.5. The van der Waals surface area contributed by atoms with Crippen LogP contribution in [0.5, 0.6) is 0 Å². The van der Waals surface area contributed by atoms with Crippen LogP contribution in [0.1, 0.15) is 138 Å². The van der Waals surface area contributed by atoms with Crippen molar-refractivity contribution < 1.29 is 24.3 Å². The number of fused-ring (bicyclic) bond motifs is 2. The Bertz CT molecular complexity index is 3390. The Balaban J connectivity index is 0.651. The van der Waals surface area contributed by atoms with E-state index in [2.05, 4.69) is 44.5 Å². The number of hydrogen-bond acceptors (Lipinski definition) is 10. The Morgan fingerprint density at radius 3 is 2.16 bits per heavy atom. The van der Waals surface area contributed by atoms with Gasteiger partial charge in [0.25, 0.3) is 5.56 Å². The fraction of sp³-hybridized carbons (Fsp3) is 0.484. The van der Waals surface area contributed by atoms with E-state index in [1.165, 1.54) is 10.9 Å². The molecule has 82 heavy (non-hydrogen) atoms. The van der Waals surface area contributed by atoms with E-state index in [1.54, 1.807) is 18.7 Å². The van der Waals surface area contributed by atoms with E-state index in [0.717, 1.165) is 108 Å². The van der Waals surface area contributed by atoms with Crippen LogP contribution in [-0.2, 0) is 58.8 Å². The summed E-state index contributed by atoms with van der Waals surface area (Å²) in [5.74, 6) is 0.296. The van der Waals surface area contributed by atoms with Crippen LogP contribution in [0.15, 0.2) is 89.6 Å². The number of nitrogens with zero attached hydrogens (tertiary/aromatic N) is 8. The van der Waals surface area contributed by atoms with Gasteiger partial charge in [-0.3, -0.25) is 37.9 Å². The van der Waals surface area contributed by atoms with Gasteiger partial charge in [0.2, 0.25) is 23.6 Å². The van der Waals surface area contributed by atoms with Crippen LogP contribution in [0.2, 0.25) is 0 Å². The summed E-state index contributed by atoms with van der Waals surface area (Å²) in [6, 6.07) is 20.0. The fourth-order valence-corrected chi connectivity index (χ4v) is 11.4. The molecule has 0 spiro atoms. The summed E-state index contributed by atoms with van der Waals surface area (Å²) in [5.41, 5.74) is 6.79. The van der Waals surface area contributed by atoms with Crippen LogP contribution in [0.3, 0.4) is 0 Å². The Labute approximate surface area is 490 Å². The van der Waals surface area contributed by atoms with E-state index in [9.17, 15) is 29.1 Å². The first-order chi connectivity index (χ1) is 39.5. The van der Waals surface area contributed by atoms with Crippen LogP contribution in [0.25, 0.3) is 32.9 Å². The van der Waals surface area contributed by atoms with E-state index in [4.69, 9.17) is 28.3 Å². The number of H-pyrrole nitrogens is 1. The first-order valence-electron chi connectivity index (χ1n) is 29.0. The van der Waals surface area contributed by atoms with Gasteiger partial charge in [0.15, 0.2) is 5.52 Å². The molecular weight excluding hydrogens is 1080 g/mol. The highest BCUT2D eigenvalue weighted by molar-refractivity contribution is 6.56. The van der Waals surface area contributed by atoms with Crippen LogP contribution in [0, 0.1) is 0 Å². The van der Waals surface area contributed by atoms with Crippen LogP contribution >= 0.6 is 23.2 Å². The van der Waals surface area contributed by atoms with Crippen molar-refractivity contribution in [1.29, 1.82) is 0 Å². The van der Waals surface area contributed by atoms with Gasteiger partial charge < -0.3 is 35.8 Å². The molecule has 0 saturated carbocycles. The maximum Gasteiger partial charge on any atom is 0.281 e. The van der Waals surface area contributed by atoms with Gasteiger partial charge in [-0.15, -0.1) is 0 Å². The first kappa shape index (κ1) is 61.2. The van der Waals surface area contributed by atoms with E-state index in [1.807, 2.05) is 88.3 Å². The van der Waals surface area contributed by atoms with Gasteiger partial charge in [-0.05, 0) is 74.3 Å². The normalized spacial score (nSPS) is 15.3. The standard InChI is InChI=1S/C62H80Cl2N12O6/c1-42(47-17-12-11-13-18-47)37-54(80)73-34-27-62(82,28-35-73)40-75-41-68-58-59(61(75)81)71-72(5)60(58)48-23-21-46(22-24-48)38-65-29-16-30-66-52(78)19-14-9-7-6-8-10-15-20-53(79)67-31-36-76-33-26-50(70-76)43(2)55-49-39-74(45(4)77)32-25-51(49)69-57(55)56(64)44(3)63/h11-13,17-18,21-24,26,33,41-42,65,69,82H,3,6-10,14-16,19-20,25,27-32,34-40H2,1-2,4-5H3,(H,66,78)(H,67,79)/b55-43+,57-56-/t42-/m1/s1. The number of rotatable bonds is 27.